The summed E-state index contributed by atoms with van der Waals surface area (Å²) in [4.78, 5) is 23.8. The highest BCUT2D eigenvalue weighted by Crippen LogP contribution is 2.34. The van der Waals surface area contributed by atoms with Crippen molar-refractivity contribution in [1.82, 2.24) is 4.90 Å². The number of benzene rings is 3. The second kappa shape index (κ2) is 14.8. The molecule has 1 amide bonds. The second-order valence-corrected chi connectivity index (χ2v) is 10.4. The van der Waals surface area contributed by atoms with Crippen molar-refractivity contribution in [1.29, 1.82) is 0 Å². The molecule has 0 saturated carbocycles. The molecule has 0 aromatic heterocycles. The molecule has 4 rings (SSSR count). The van der Waals surface area contributed by atoms with Crippen LogP contribution in [0.2, 0.25) is 0 Å². The van der Waals surface area contributed by atoms with Gasteiger partial charge in [0, 0.05) is 30.5 Å². The maximum atomic E-state index is 11.7. The first-order valence-electron chi connectivity index (χ1n) is 13.3. The molecule has 1 aliphatic heterocycles. The van der Waals surface area contributed by atoms with Crippen molar-refractivity contribution in [3.8, 4) is 11.5 Å². The Kier molecular flexibility index (Phi) is 10.9. The number of piperidine rings is 1. The van der Waals surface area contributed by atoms with Crippen LogP contribution >= 0.6 is 15.9 Å². The number of rotatable bonds is 13. The molecule has 1 fully saturated rings. The molecule has 41 heavy (non-hydrogen) atoms. The van der Waals surface area contributed by atoms with Crippen molar-refractivity contribution in [2.24, 2.45) is 0 Å². The van der Waals surface area contributed by atoms with E-state index < -0.39 is 17.1 Å². The monoisotopic (exact) mass is 628 g/mol. The summed E-state index contributed by atoms with van der Waals surface area (Å²) in [6.07, 6.45) is -0.0906. The fourth-order valence-electron chi connectivity index (χ4n) is 4.82. The Morgan fingerprint density at radius 2 is 1.80 bits per heavy atom. The lowest BCUT2D eigenvalue weighted by Gasteiger charge is -2.37. The molecular formula is C30H33BrN2O8. The van der Waals surface area contributed by atoms with Gasteiger partial charge in [0.15, 0.2) is 0 Å². The molecule has 0 bridgehead atoms. The van der Waals surface area contributed by atoms with E-state index in [0.717, 1.165) is 29.0 Å². The number of hydrogen-bond donors (Lipinski definition) is 1. The fraction of sp³-hybridized carbons (Fsp3) is 0.367. The van der Waals surface area contributed by atoms with Crippen molar-refractivity contribution in [3.63, 3.8) is 0 Å². The topological polar surface area (TPSA) is 121 Å². The lowest BCUT2D eigenvalue weighted by Crippen LogP contribution is -2.46. The number of ether oxygens (including phenoxy) is 4. The van der Waals surface area contributed by atoms with E-state index >= 15 is 0 Å². The van der Waals surface area contributed by atoms with E-state index in [1.54, 1.807) is 19.2 Å². The van der Waals surface area contributed by atoms with E-state index in [2.05, 4.69) is 15.9 Å². The summed E-state index contributed by atoms with van der Waals surface area (Å²) < 4.78 is 23.6. The van der Waals surface area contributed by atoms with E-state index in [1.807, 2.05) is 48.5 Å². The van der Waals surface area contributed by atoms with Gasteiger partial charge in [-0.3, -0.25) is 10.1 Å². The predicted octanol–water partition coefficient (Wildman–Crippen LogP) is 6.40. The second-order valence-electron chi connectivity index (χ2n) is 9.62. The molecule has 218 valence electrons. The standard InChI is InChI=1S/C30H33BrN2O8/c1-38-27-9-3-2-6-22(27)19-39-16-5-17-40-24-12-10-21(11-13-24)25-14-15-32(30(34)35)18-28(25)41-20-23-7-4-8-26(29(23)31)33(36)37/h2-4,6-13,25,28H,5,14-20H2,1H3,(H,34,35). The average molecular weight is 630 g/mol. The molecule has 1 heterocycles. The quantitative estimate of drug-likeness (QED) is 0.131. The SMILES string of the molecule is COc1ccccc1COCCCOc1ccc(C2CCN(C(=O)O)CC2OCc2cccc([N+](=O)[O-])c2Br)cc1. The van der Waals surface area contributed by atoms with Crippen LogP contribution in [0.4, 0.5) is 10.5 Å². The van der Waals surface area contributed by atoms with Crippen LogP contribution in [0.5, 0.6) is 11.5 Å². The minimum absolute atomic E-state index is 0.0412. The van der Waals surface area contributed by atoms with Gasteiger partial charge < -0.3 is 29.0 Å². The van der Waals surface area contributed by atoms with Crippen molar-refractivity contribution >= 4 is 27.7 Å². The molecule has 1 N–H and O–H groups in total. The summed E-state index contributed by atoms with van der Waals surface area (Å²) in [6, 6.07) is 20.3. The van der Waals surface area contributed by atoms with Gasteiger partial charge in [-0.2, -0.15) is 0 Å². The van der Waals surface area contributed by atoms with Gasteiger partial charge in [-0.1, -0.05) is 42.5 Å². The zero-order valence-corrected chi connectivity index (χ0v) is 24.3. The number of para-hydroxylation sites is 1. The molecule has 2 atom stereocenters. The van der Waals surface area contributed by atoms with E-state index in [0.29, 0.717) is 42.8 Å². The highest BCUT2D eigenvalue weighted by atomic mass is 79.9. The third-order valence-electron chi connectivity index (χ3n) is 7.00. The van der Waals surface area contributed by atoms with Crippen LogP contribution in [0, 0.1) is 10.1 Å². The van der Waals surface area contributed by atoms with Crippen LogP contribution < -0.4 is 9.47 Å². The minimum Gasteiger partial charge on any atom is -0.496 e. The van der Waals surface area contributed by atoms with E-state index in [1.165, 1.54) is 11.0 Å². The van der Waals surface area contributed by atoms with Gasteiger partial charge in [-0.05, 0) is 51.7 Å². The van der Waals surface area contributed by atoms with Gasteiger partial charge in [0.2, 0.25) is 0 Å². The molecule has 3 aromatic carbocycles. The molecule has 1 aliphatic rings. The van der Waals surface area contributed by atoms with Crippen LogP contribution in [-0.2, 0) is 22.7 Å². The molecule has 2 unspecified atom stereocenters. The zero-order valence-electron chi connectivity index (χ0n) is 22.7. The number of amides is 1. The van der Waals surface area contributed by atoms with Gasteiger partial charge in [0.05, 0.1) is 51.1 Å². The van der Waals surface area contributed by atoms with Gasteiger partial charge in [0.1, 0.15) is 16.0 Å². The minimum atomic E-state index is -0.996. The van der Waals surface area contributed by atoms with Crippen LogP contribution in [-0.4, -0.2) is 60.5 Å². The molecular weight excluding hydrogens is 596 g/mol. The highest BCUT2D eigenvalue weighted by molar-refractivity contribution is 9.10. The van der Waals surface area contributed by atoms with E-state index in [4.69, 9.17) is 18.9 Å². The lowest BCUT2D eigenvalue weighted by molar-refractivity contribution is -0.385. The molecule has 0 spiro atoms. The van der Waals surface area contributed by atoms with Crippen LogP contribution in [0.1, 0.15) is 35.4 Å². The van der Waals surface area contributed by atoms with Gasteiger partial charge in [-0.25, -0.2) is 4.79 Å². The van der Waals surface area contributed by atoms with Crippen molar-refractivity contribution < 1.29 is 33.8 Å². The van der Waals surface area contributed by atoms with Crippen LogP contribution in [0.25, 0.3) is 0 Å². The number of methoxy groups -OCH3 is 1. The molecule has 3 aromatic rings. The Bertz CT molecular complexity index is 1320. The smallest absolute Gasteiger partial charge is 0.407 e. The Hall–Kier alpha value is -3.67. The summed E-state index contributed by atoms with van der Waals surface area (Å²) in [7, 11) is 1.64. The van der Waals surface area contributed by atoms with Gasteiger partial charge in [-0.15, -0.1) is 0 Å². The number of likely N-dealkylation sites (tertiary alicyclic amines) is 1. The number of nitrogens with zero attached hydrogens (tertiary/aromatic N) is 2. The summed E-state index contributed by atoms with van der Waals surface area (Å²) in [5.74, 6) is 1.50. The number of carboxylic acid groups (broad SMARTS) is 1. The number of nitro benzene ring substituents is 1. The summed E-state index contributed by atoms with van der Waals surface area (Å²) >= 11 is 3.31. The zero-order chi connectivity index (χ0) is 29.2. The van der Waals surface area contributed by atoms with E-state index in [9.17, 15) is 20.0 Å². The molecule has 0 aliphatic carbocycles. The van der Waals surface area contributed by atoms with Crippen molar-refractivity contribution in [2.75, 3.05) is 33.4 Å². The van der Waals surface area contributed by atoms with Crippen LogP contribution in [0.3, 0.4) is 0 Å². The molecule has 10 nitrogen and oxygen atoms in total. The summed E-state index contributed by atoms with van der Waals surface area (Å²) in [6.45, 7) is 2.25. The summed E-state index contributed by atoms with van der Waals surface area (Å²) in [5, 5.41) is 20.8. The predicted molar refractivity (Wildman–Crippen MR) is 156 cm³/mol. The lowest BCUT2D eigenvalue weighted by atomic mass is 9.87. The van der Waals surface area contributed by atoms with Crippen LogP contribution in [0.15, 0.2) is 71.2 Å². The first-order chi connectivity index (χ1) is 19.9. The Labute approximate surface area is 247 Å². The maximum absolute atomic E-state index is 11.7. The Balaban J connectivity index is 1.31. The Morgan fingerprint density at radius 1 is 1.05 bits per heavy atom. The van der Waals surface area contributed by atoms with Gasteiger partial charge >= 0.3 is 6.09 Å². The highest BCUT2D eigenvalue weighted by Gasteiger charge is 2.33. The maximum Gasteiger partial charge on any atom is 0.407 e. The fourth-order valence-corrected chi connectivity index (χ4v) is 5.35. The largest absolute Gasteiger partial charge is 0.496 e. The Morgan fingerprint density at radius 3 is 2.54 bits per heavy atom. The third-order valence-corrected chi connectivity index (χ3v) is 7.91. The summed E-state index contributed by atoms with van der Waals surface area (Å²) in [5.41, 5.74) is 2.60. The first kappa shape index (κ1) is 30.3. The molecule has 1 saturated heterocycles. The average Bonchev–Trinajstić information content (AvgIpc) is 2.98. The first-order valence-corrected chi connectivity index (χ1v) is 14.1. The number of hydrogen-bond acceptors (Lipinski definition) is 7. The number of nitro groups is 1. The molecule has 0 radical (unpaired) electrons. The molecule has 11 heteroatoms. The number of halogens is 1. The normalized spacial score (nSPS) is 16.8. The van der Waals surface area contributed by atoms with Crippen molar-refractivity contribution in [2.45, 2.75) is 38.1 Å². The van der Waals surface area contributed by atoms with Gasteiger partial charge in [0.25, 0.3) is 5.69 Å². The number of carbonyl (C=O) groups is 1. The third kappa shape index (κ3) is 8.18. The van der Waals surface area contributed by atoms with E-state index in [-0.39, 0.29) is 24.8 Å². The van der Waals surface area contributed by atoms with Crippen molar-refractivity contribution in [3.05, 3.63) is 98.0 Å².